The number of amides is 1. The van der Waals surface area contributed by atoms with Gasteiger partial charge in [-0.2, -0.15) is 17.6 Å². The number of aromatic nitrogens is 2. The van der Waals surface area contributed by atoms with Crippen molar-refractivity contribution >= 4 is 29.0 Å². The zero-order valence-electron chi connectivity index (χ0n) is 18.4. The highest BCUT2D eigenvalue weighted by molar-refractivity contribution is 7.81. The Balaban J connectivity index is 2.00. The van der Waals surface area contributed by atoms with Gasteiger partial charge in [0.05, 0.1) is 42.3 Å². The molecule has 1 aromatic carbocycles. The largest absolute Gasteiger partial charge is 0.755 e. The van der Waals surface area contributed by atoms with Crippen molar-refractivity contribution in [2.75, 3.05) is 17.5 Å². The summed E-state index contributed by atoms with van der Waals surface area (Å²) in [6.45, 7) is 0.0169. The summed E-state index contributed by atoms with van der Waals surface area (Å²) in [4.78, 5) is 18.1. The first kappa shape index (κ1) is 27.0. The van der Waals surface area contributed by atoms with Crippen LogP contribution in [0.1, 0.15) is 17.5 Å². The molecule has 1 unspecified atom stereocenters. The molecule has 192 valence electrons. The number of hydrogen-bond donors (Lipinski definition) is 1. The molecular weight excluding hydrogens is 508 g/mol. The first-order valence-corrected chi connectivity index (χ1v) is 11.3. The molecule has 1 atom stereocenters. The Bertz CT molecular complexity index is 1250. The number of pyridine rings is 2. The highest BCUT2D eigenvalue weighted by atomic mass is 32.2. The molecule has 1 amide bonds. The molecule has 36 heavy (non-hydrogen) atoms. The maximum absolute atomic E-state index is 13.9. The van der Waals surface area contributed by atoms with E-state index >= 15 is 0 Å². The Hall–Kier alpha value is -3.62. The highest BCUT2D eigenvalue weighted by Crippen LogP contribution is 2.39. The topological polar surface area (TPSA) is 131 Å². The predicted molar refractivity (Wildman–Crippen MR) is 120 cm³/mol. The maximum atomic E-state index is 13.9. The van der Waals surface area contributed by atoms with E-state index in [2.05, 4.69) is 14.7 Å². The summed E-state index contributed by atoms with van der Waals surface area (Å²) >= 11 is -3.08. The van der Waals surface area contributed by atoms with Gasteiger partial charge in [-0.05, 0) is 29.8 Å². The fraction of sp³-hybridized carbons (Fsp3) is 0.227. The van der Waals surface area contributed by atoms with Crippen molar-refractivity contribution in [3.8, 4) is 11.3 Å². The summed E-state index contributed by atoms with van der Waals surface area (Å²) in [5, 5.41) is 0. The molecular formula is C22H19F4N4O5S-. The molecule has 0 saturated heterocycles. The van der Waals surface area contributed by atoms with Gasteiger partial charge in [0, 0.05) is 12.0 Å². The number of anilines is 2. The number of ether oxygens (including phenoxy) is 2. The van der Waals surface area contributed by atoms with E-state index in [1.807, 2.05) is 0 Å². The van der Waals surface area contributed by atoms with Gasteiger partial charge in [-0.15, -0.1) is 0 Å². The second kappa shape index (κ2) is 11.9. The third-order valence-corrected chi connectivity index (χ3v) is 5.33. The van der Waals surface area contributed by atoms with Crippen molar-refractivity contribution in [3.63, 3.8) is 0 Å². The number of carbonyl (C=O) groups is 1. The van der Waals surface area contributed by atoms with E-state index in [-0.39, 0.29) is 25.4 Å². The summed E-state index contributed by atoms with van der Waals surface area (Å²) < 4.78 is 89.6. The molecule has 0 saturated carbocycles. The summed E-state index contributed by atoms with van der Waals surface area (Å²) in [7, 11) is 0. The number of nitrogens with zero attached hydrogens (tertiary/aromatic N) is 3. The van der Waals surface area contributed by atoms with Crippen molar-refractivity contribution in [3.05, 3.63) is 71.7 Å². The minimum absolute atomic E-state index is 0.00902. The van der Waals surface area contributed by atoms with E-state index in [0.29, 0.717) is 22.4 Å². The number of carbonyl (C=O) groups excluding carboxylic acids is 1. The molecule has 14 heteroatoms. The second-order valence-electron chi connectivity index (χ2n) is 7.12. The average Bonchev–Trinajstić information content (AvgIpc) is 2.80. The van der Waals surface area contributed by atoms with Crippen molar-refractivity contribution in [2.24, 2.45) is 5.73 Å². The van der Waals surface area contributed by atoms with Crippen molar-refractivity contribution < 1.29 is 40.6 Å². The number of nitrogens with two attached hydrogens (primary N) is 1. The highest BCUT2D eigenvalue weighted by Gasteiger charge is 2.35. The molecule has 0 fully saturated rings. The van der Waals surface area contributed by atoms with E-state index in [9.17, 15) is 31.1 Å². The molecule has 2 aromatic heterocycles. The smallest absolute Gasteiger partial charge is 0.418 e. The van der Waals surface area contributed by atoms with E-state index in [4.69, 9.17) is 10.5 Å². The van der Waals surface area contributed by atoms with Crippen LogP contribution in [0.5, 0.6) is 0 Å². The van der Waals surface area contributed by atoms with Crippen LogP contribution in [-0.2, 0) is 33.5 Å². The second-order valence-corrected chi connectivity index (χ2v) is 7.92. The number of rotatable bonds is 10. The normalized spacial score (nSPS) is 12.2. The molecule has 9 nitrogen and oxygen atoms in total. The van der Waals surface area contributed by atoms with Gasteiger partial charge in [-0.1, -0.05) is 30.3 Å². The van der Waals surface area contributed by atoms with Crippen molar-refractivity contribution in [1.29, 1.82) is 0 Å². The zero-order valence-corrected chi connectivity index (χ0v) is 19.2. The van der Waals surface area contributed by atoms with Crippen LogP contribution in [0.3, 0.4) is 0 Å². The Labute approximate surface area is 205 Å². The van der Waals surface area contributed by atoms with Gasteiger partial charge >= 0.3 is 12.3 Å². The lowest BCUT2D eigenvalue weighted by Gasteiger charge is -2.25. The van der Waals surface area contributed by atoms with Crippen molar-refractivity contribution in [2.45, 2.75) is 19.2 Å². The van der Waals surface area contributed by atoms with Gasteiger partial charge in [0.1, 0.15) is 11.6 Å². The molecule has 2 heterocycles. The van der Waals surface area contributed by atoms with E-state index < -0.39 is 52.4 Å². The number of alkyl halides is 3. The molecule has 0 spiro atoms. The van der Waals surface area contributed by atoms with Gasteiger partial charge in [0.2, 0.25) is 5.95 Å². The van der Waals surface area contributed by atoms with Crippen LogP contribution in [0.25, 0.3) is 11.3 Å². The van der Waals surface area contributed by atoms with E-state index in [1.165, 1.54) is 30.3 Å². The third kappa shape index (κ3) is 6.96. The lowest BCUT2D eigenvalue weighted by atomic mass is 10.00. The van der Waals surface area contributed by atoms with Gasteiger partial charge in [-0.25, -0.2) is 19.1 Å². The van der Waals surface area contributed by atoms with Crippen LogP contribution >= 0.6 is 0 Å². The SMILES string of the molecule is NC(=O)OCCCOCc1ccccc1-c1nc(N(c2cccc(F)n2)S(=O)[O-])ccc1C(F)(F)F. The van der Waals surface area contributed by atoms with Crippen LogP contribution in [-0.4, -0.2) is 38.0 Å². The Kier molecular flexibility index (Phi) is 8.90. The summed E-state index contributed by atoms with van der Waals surface area (Å²) in [6.07, 6.45) is -5.45. The van der Waals surface area contributed by atoms with Gasteiger partial charge in [-0.3, -0.25) is 4.21 Å². The van der Waals surface area contributed by atoms with Crippen LogP contribution in [0.15, 0.2) is 54.6 Å². The lowest BCUT2D eigenvalue weighted by Crippen LogP contribution is -2.23. The molecule has 2 N–H and O–H groups in total. The molecule has 0 bridgehead atoms. The standard InChI is InChI=1S/C22H20F4N4O5S/c23-17-7-3-8-18(28-17)30(36(32)33)19-10-9-16(22(24,25)26)20(29-19)15-6-2-1-5-14(15)13-34-11-4-12-35-21(27)31/h1-3,5-10H,4,11-13H2,(H2,27,31)(H,32,33)/p-1. The Morgan fingerprint density at radius 3 is 2.42 bits per heavy atom. The summed E-state index contributed by atoms with van der Waals surface area (Å²) in [5.41, 5.74) is 3.58. The monoisotopic (exact) mass is 527 g/mol. The van der Waals surface area contributed by atoms with Gasteiger partial charge < -0.3 is 19.8 Å². The van der Waals surface area contributed by atoms with Crippen LogP contribution in [0.4, 0.5) is 34.0 Å². The first-order chi connectivity index (χ1) is 17.1. The molecule has 0 aliphatic heterocycles. The molecule has 0 aliphatic carbocycles. The first-order valence-electron chi connectivity index (χ1n) is 10.3. The maximum Gasteiger partial charge on any atom is 0.418 e. The van der Waals surface area contributed by atoms with Crippen molar-refractivity contribution in [1.82, 2.24) is 9.97 Å². The summed E-state index contributed by atoms with van der Waals surface area (Å²) in [6, 6.07) is 10.9. The molecule has 3 rings (SSSR count). The number of benzene rings is 1. The fourth-order valence-corrected chi connectivity index (χ4v) is 3.68. The average molecular weight is 527 g/mol. The molecule has 3 aromatic rings. The number of hydrogen-bond acceptors (Lipinski definition) is 7. The van der Waals surface area contributed by atoms with E-state index in [1.54, 1.807) is 6.07 Å². The molecule has 0 aliphatic rings. The minimum Gasteiger partial charge on any atom is -0.755 e. The quantitative estimate of drug-likeness (QED) is 0.181. The van der Waals surface area contributed by atoms with Crippen LogP contribution in [0.2, 0.25) is 0 Å². The van der Waals surface area contributed by atoms with E-state index in [0.717, 1.165) is 12.1 Å². The lowest BCUT2D eigenvalue weighted by molar-refractivity contribution is -0.137. The Morgan fingerprint density at radius 1 is 1.03 bits per heavy atom. The van der Waals surface area contributed by atoms with Gasteiger partial charge in [0.15, 0.2) is 0 Å². The Morgan fingerprint density at radius 2 is 1.75 bits per heavy atom. The number of halogens is 4. The fourth-order valence-electron chi connectivity index (χ4n) is 3.17. The third-order valence-electron chi connectivity index (χ3n) is 4.66. The van der Waals surface area contributed by atoms with Gasteiger partial charge in [0.25, 0.3) is 0 Å². The van der Waals surface area contributed by atoms with Crippen LogP contribution < -0.4 is 10.0 Å². The van der Waals surface area contributed by atoms with Crippen LogP contribution in [0, 0.1) is 5.95 Å². The minimum atomic E-state index is -4.82. The predicted octanol–water partition coefficient (Wildman–Crippen LogP) is 4.24. The number of primary amides is 1. The summed E-state index contributed by atoms with van der Waals surface area (Å²) in [5.74, 6) is -1.81. The zero-order chi connectivity index (χ0) is 26.3. The molecule has 0 radical (unpaired) electrons.